The highest BCUT2D eigenvalue weighted by Crippen LogP contribution is 2.17. The summed E-state index contributed by atoms with van der Waals surface area (Å²) in [4.78, 5) is 24.3. The van der Waals surface area contributed by atoms with Gasteiger partial charge in [0, 0.05) is 29.4 Å². The SMILES string of the molecule is CCCCCNC(=O)c1ccc(C(=O)Nc2cccc(OC)c2)cc1. The molecule has 132 valence electrons. The smallest absolute Gasteiger partial charge is 0.255 e. The zero-order chi connectivity index (χ0) is 18.1. The third-order valence-electron chi connectivity index (χ3n) is 3.80. The first-order valence-corrected chi connectivity index (χ1v) is 8.47. The largest absolute Gasteiger partial charge is 0.497 e. The van der Waals surface area contributed by atoms with Gasteiger partial charge in [-0.25, -0.2) is 0 Å². The summed E-state index contributed by atoms with van der Waals surface area (Å²) in [6.07, 6.45) is 3.19. The first kappa shape index (κ1) is 18.5. The number of hydrogen-bond acceptors (Lipinski definition) is 3. The van der Waals surface area contributed by atoms with Gasteiger partial charge in [-0.3, -0.25) is 9.59 Å². The molecule has 0 spiro atoms. The molecule has 0 aliphatic carbocycles. The third-order valence-corrected chi connectivity index (χ3v) is 3.80. The number of benzene rings is 2. The van der Waals surface area contributed by atoms with Gasteiger partial charge in [0.05, 0.1) is 7.11 Å². The molecule has 2 aromatic rings. The molecule has 0 saturated heterocycles. The molecule has 0 bridgehead atoms. The van der Waals surface area contributed by atoms with Gasteiger partial charge in [0.15, 0.2) is 0 Å². The Morgan fingerprint density at radius 3 is 2.28 bits per heavy atom. The molecule has 2 N–H and O–H groups in total. The second-order valence-electron chi connectivity index (χ2n) is 5.73. The average molecular weight is 340 g/mol. The summed E-state index contributed by atoms with van der Waals surface area (Å²) in [5.41, 5.74) is 1.70. The molecular weight excluding hydrogens is 316 g/mol. The van der Waals surface area contributed by atoms with E-state index in [1.54, 1.807) is 49.6 Å². The van der Waals surface area contributed by atoms with E-state index in [1.165, 1.54) is 0 Å². The molecule has 0 unspecified atom stereocenters. The standard InChI is InChI=1S/C20H24N2O3/c1-3-4-5-13-21-19(23)15-9-11-16(12-10-15)20(24)22-17-7-6-8-18(14-17)25-2/h6-12,14H,3-5,13H2,1-2H3,(H,21,23)(H,22,24). The minimum atomic E-state index is -0.233. The number of amides is 2. The van der Waals surface area contributed by atoms with E-state index >= 15 is 0 Å². The Bertz CT molecular complexity index is 711. The zero-order valence-corrected chi connectivity index (χ0v) is 14.7. The van der Waals surface area contributed by atoms with E-state index < -0.39 is 0 Å². The monoisotopic (exact) mass is 340 g/mol. The van der Waals surface area contributed by atoms with Crippen molar-refractivity contribution in [3.63, 3.8) is 0 Å². The lowest BCUT2D eigenvalue weighted by atomic mass is 10.1. The number of ether oxygens (including phenoxy) is 1. The van der Waals surface area contributed by atoms with Gasteiger partial charge >= 0.3 is 0 Å². The fraction of sp³-hybridized carbons (Fsp3) is 0.300. The molecular formula is C20H24N2O3. The molecule has 0 heterocycles. The van der Waals surface area contributed by atoms with E-state index in [1.807, 2.05) is 6.07 Å². The molecule has 2 aromatic carbocycles. The molecule has 0 aliphatic heterocycles. The maximum Gasteiger partial charge on any atom is 0.255 e. The van der Waals surface area contributed by atoms with Gasteiger partial charge in [0.2, 0.25) is 0 Å². The molecule has 0 saturated carbocycles. The number of nitrogens with one attached hydrogen (secondary N) is 2. The lowest BCUT2D eigenvalue weighted by Crippen LogP contribution is -2.24. The number of carbonyl (C=O) groups is 2. The molecule has 5 heteroatoms. The number of hydrogen-bond donors (Lipinski definition) is 2. The molecule has 5 nitrogen and oxygen atoms in total. The van der Waals surface area contributed by atoms with Crippen LogP contribution in [0.5, 0.6) is 5.75 Å². The minimum absolute atomic E-state index is 0.115. The first-order chi connectivity index (χ1) is 12.1. The highest BCUT2D eigenvalue weighted by atomic mass is 16.5. The Morgan fingerprint density at radius 2 is 1.64 bits per heavy atom. The molecule has 0 aromatic heterocycles. The van der Waals surface area contributed by atoms with Gasteiger partial charge in [0.25, 0.3) is 11.8 Å². The Kier molecular flexibility index (Phi) is 7.01. The summed E-state index contributed by atoms with van der Waals surface area (Å²) < 4.78 is 5.14. The van der Waals surface area contributed by atoms with Gasteiger partial charge in [-0.2, -0.15) is 0 Å². The van der Waals surface area contributed by atoms with Crippen LogP contribution in [0, 0.1) is 0 Å². The summed E-state index contributed by atoms with van der Waals surface area (Å²) in [5.74, 6) is 0.326. The maximum absolute atomic E-state index is 12.3. The normalized spacial score (nSPS) is 10.2. The number of anilines is 1. The van der Waals surface area contributed by atoms with Gasteiger partial charge < -0.3 is 15.4 Å². The fourth-order valence-electron chi connectivity index (χ4n) is 2.36. The Hall–Kier alpha value is -2.82. The van der Waals surface area contributed by atoms with Crippen LogP contribution in [-0.2, 0) is 0 Å². The van der Waals surface area contributed by atoms with Crippen molar-refractivity contribution < 1.29 is 14.3 Å². The fourth-order valence-corrected chi connectivity index (χ4v) is 2.36. The van der Waals surface area contributed by atoms with Crippen LogP contribution in [0.25, 0.3) is 0 Å². The van der Waals surface area contributed by atoms with Crippen LogP contribution in [0.3, 0.4) is 0 Å². The second kappa shape index (κ2) is 9.47. The number of unbranched alkanes of at least 4 members (excludes halogenated alkanes) is 2. The van der Waals surface area contributed by atoms with Crippen LogP contribution >= 0.6 is 0 Å². The number of methoxy groups -OCH3 is 1. The summed E-state index contributed by atoms with van der Waals surface area (Å²) in [7, 11) is 1.58. The van der Waals surface area contributed by atoms with E-state index in [0.717, 1.165) is 19.3 Å². The molecule has 0 fully saturated rings. The Morgan fingerprint density at radius 1 is 0.960 bits per heavy atom. The van der Waals surface area contributed by atoms with Crippen LogP contribution in [0.2, 0.25) is 0 Å². The molecule has 0 radical (unpaired) electrons. The van der Waals surface area contributed by atoms with E-state index in [4.69, 9.17) is 4.74 Å². The lowest BCUT2D eigenvalue weighted by molar-refractivity contribution is 0.0951. The van der Waals surface area contributed by atoms with E-state index in [-0.39, 0.29) is 11.8 Å². The van der Waals surface area contributed by atoms with Crippen LogP contribution in [0.4, 0.5) is 5.69 Å². The van der Waals surface area contributed by atoms with Gasteiger partial charge in [0.1, 0.15) is 5.75 Å². The summed E-state index contributed by atoms with van der Waals surface area (Å²) in [6.45, 7) is 2.79. The highest BCUT2D eigenvalue weighted by molar-refractivity contribution is 6.05. The summed E-state index contributed by atoms with van der Waals surface area (Å²) in [6, 6.07) is 13.8. The van der Waals surface area contributed by atoms with Crippen LogP contribution < -0.4 is 15.4 Å². The quantitative estimate of drug-likeness (QED) is 0.717. The van der Waals surface area contributed by atoms with Crippen molar-refractivity contribution >= 4 is 17.5 Å². The third kappa shape index (κ3) is 5.64. The summed E-state index contributed by atoms with van der Waals surface area (Å²) >= 11 is 0. The summed E-state index contributed by atoms with van der Waals surface area (Å²) in [5, 5.41) is 5.69. The predicted molar refractivity (Wildman–Crippen MR) is 99.2 cm³/mol. The molecule has 0 aliphatic rings. The van der Waals surface area contributed by atoms with Crippen molar-refractivity contribution in [3.8, 4) is 5.75 Å². The minimum Gasteiger partial charge on any atom is -0.497 e. The van der Waals surface area contributed by atoms with Crippen LogP contribution in [0.15, 0.2) is 48.5 Å². The molecule has 25 heavy (non-hydrogen) atoms. The van der Waals surface area contributed by atoms with Crippen molar-refractivity contribution in [1.29, 1.82) is 0 Å². The van der Waals surface area contributed by atoms with Crippen molar-refractivity contribution in [2.24, 2.45) is 0 Å². The second-order valence-corrected chi connectivity index (χ2v) is 5.73. The van der Waals surface area contributed by atoms with Gasteiger partial charge in [-0.15, -0.1) is 0 Å². The van der Waals surface area contributed by atoms with Crippen molar-refractivity contribution in [3.05, 3.63) is 59.7 Å². The van der Waals surface area contributed by atoms with Crippen molar-refractivity contribution in [1.82, 2.24) is 5.32 Å². The van der Waals surface area contributed by atoms with Crippen LogP contribution in [-0.4, -0.2) is 25.5 Å². The average Bonchev–Trinajstić information content (AvgIpc) is 2.65. The van der Waals surface area contributed by atoms with Crippen LogP contribution in [0.1, 0.15) is 46.9 Å². The number of carbonyl (C=O) groups excluding carboxylic acids is 2. The zero-order valence-electron chi connectivity index (χ0n) is 14.7. The Balaban J connectivity index is 1.94. The van der Waals surface area contributed by atoms with Crippen molar-refractivity contribution in [2.75, 3.05) is 19.0 Å². The van der Waals surface area contributed by atoms with Crippen molar-refractivity contribution in [2.45, 2.75) is 26.2 Å². The first-order valence-electron chi connectivity index (χ1n) is 8.47. The molecule has 2 amide bonds. The van der Waals surface area contributed by atoms with E-state index in [2.05, 4.69) is 17.6 Å². The van der Waals surface area contributed by atoms with Gasteiger partial charge in [-0.05, 0) is 42.8 Å². The van der Waals surface area contributed by atoms with E-state index in [9.17, 15) is 9.59 Å². The topological polar surface area (TPSA) is 67.4 Å². The van der Waals surface area contributed by atoms with E-state index in [0.29, 0.717) is 29.1 Å². The molecule has 2 rings (SSSR count). The maximum atomic E-state index is 12.3. The molecule has 0 atom stereocenters. The highest BCUT2D eigenvalue weighted by Gasteiger charge is 2.09. The Labute approximate surface area is 148 Å². The lowest BCUT2D eigenvalue weighted by Gasteiger charge is -2.08. The number of rotatable bonds is 8. The van der Waals surface area contributed by atoms with Gasteiger partial charge in [-0.1, -0.05) is 25.8 Å². The predicted octanol–water partition coefficient (Wildman–Crippen LogP) is 3.87.